The van der Waals surface area contributed by atoms with Crippen molar-refractivity contribution >= 4 is 40.9 Å². The Labute approximate surface area is 194 Å². The van der Waals surface area contributed by atoms with Gasteiger partial charge in [0.25, 0.3) is 11.5 Å². The number of rotatable bonds is 7. The van der Waals surface area contributed by atoms with E-state index in [2.05, 4.69) is 15.5 Å². The zero-order valence-electron chi connectivity index (χ0n) is 18.2. The number of para-hydroxylation sites is 1. The Morgan fingerprint density at radius 3 is 2.70 bits per heavy atom. The Morgan fingerprint density at radius 2 is 1.94 bits per heavy atom. The van der Waals surface area contributed by atoms with Gasteiger partial charge in [-0.3, -0.25) is 14.2 Å². The summed E-state index contributed by atoms with van der Waals surface area (Å²) in [6.07, 6.45) is 4.94. The first-order chi connectivity index (χ1) is 16.0. The van der Waals surface area contributed by atoms with E-state index >= 15 is 0 Å². The minimum absolute atomic E-state index is 0.0505. The summed E-state index contributed by atoms with van der Waals surface area (Å²) in [5.41, 5.74) is 5.52. The van der Waals surface area contributed by atoms with E-state index in [-0.39, 0.29) is 17.2 Å². The van der Waals surface area contributed by atoms with Gasteiger partial charge in [0.15, 0.2) is 5.16 Å². The van der Waals surface area contributed by atoms with E-state index in [0.29, 0.717) is 27.5 Å². The number of hydrazone groups is 1. The number of amides is 1. The average Bonchev–Trinajstić information content (AvgIpc) is 3.31. The molecule has 166 valence electrons. The summed E-state index contributed by atoms with van der Waals surface area (Å²) >= 11 is 1.18. The second-order valence-electron chi connectivity index (χ2n) is 7.37. The second kappa shape index (κ2) is 10.1. The summed E-state index contributed by atoms with van der Waals surface area (Å²) in [6, 6.07) is 18.4. The summed E-state index contributed by atoms with van der Waals surface area (Å²) in [5.74, 6) is 0.451. The van der Waals surface area contributed by atoms with E-state index in [1.54, 1.807) is 35.2 Å². The second-order valence-corrected chi connectivity index (χ2v) is 8.32. The first kappa shape index (κ1) is 22.3. The van der Waals surface area contributed by atoms with Crippen LogP contribution in [-0.2, 0) is 4.79 Å². The zero-order valence-corrected chi connectivity index (χ0v) is 19.0. The Kier molecular flexibility index (Phi) is 6.85. The number of thioether (sulfide) groups is 1. The van der Waals surface area contributed by atoms with Crippen LogP contribution in [-0.4, -0.2) is 27.4 Å². The first-order valence-corrected chi connectivity index (χ1v) is 11.2. The minimum Gasteiger partial charge on any atom is -0.465 e. The minimum atomic E-state index is -0.306. The molecular weight excluding hydrogens is 436 g/mol. The number of aromatic nitrogens is 2. The SMILES string of the molecule is CC(/C=N/NC(=O)CSc1nc2ccccc2c(=O)n1-c1ccc(C)cc1)=C\c1ccco1. The highest BCUT2D eigenvalue weighted by molar-refractivity contribution is 7.99. The van der Waals surface area contributed by atoms with Crippen LogP contribution in [0.3, 0.4) is 0 Å². The van der Waals surface area contributed by atoms with Crippen molar-refractivity contribution in [2.75, 3.05) is 5.75 Å². The van der Waals surface area contributed by atoms with Gasteiger partial charge in [-0.25, -0.2) is 10.4 Å². The number of fused-ring (bicyclic) bond motifs is 1. The Balaban J connectivity index is 1.52. The summed E-state index contributed by atoms with van der Waals surface area (Å²) in [4.78, 5) is 30.2. The topological polar surface area (TPSA) is 89.5 Å². The van der Waals surface area contributed by atoms with Crippen molar-refractivity contribution in [3.05, 3.63) is 94.2 Å². The molecule has 7 nitrogen and oxygen atoms in total. The molecule has 2 aromatic heterocycles. The molecule has 0 saturated heterocycles. The van der Waals surface area contributed by atoms with Crippen LogP contribution in [0.15, 0.2) is 92.0 Å². The van der Waals surface area contributed by atoms with Gasteiger partial charge in [-0.2, -0.15) is 5.10 Å². The van der Waals surface area contributed by atoms with Crippen molar-refractivity contribution in [3.8, 4) is 5.69 Å². The van der Waals surface area contributed by atoms with Gasteiger partial charge < -0.3 is 4.42 Å². The van der Waals surface area contributed by atoms with Crippen LogP contribution in [0, 0.1) is 6.92 Å². The summed E-state index contributed by atoms with van der Waals surface area (Å²) < 4.78 is 6.79. The van der Waals surface area contributed by atoms with Gasteiger partial charge in [-0.05, 0) is 61.9 Å². The normalized spacial score (nSPS) is 11.9. The molecule has 0 aliphatic heterocycles. The molecule has 0 aliphatic carbocycles. The lowest BCUT2D eigenvalue weighted by molar-refractivity contribution is -0.118. The molecule has 0 aliphatic rings. The maximum atomic E-state index is 13.2. The number of furan rings is 1. The Morgan fingerprint density at radius 1 is 1.15 bits per heavy atom. The van der Waals surface area contributed by atoms with E-state index in [1.165, 1.54) is 11.8 Å². The quantitative estimate of drug-likeness (QED) is 0.189. The number of aryl methyl sites for hydroxylation is 1. The Bertz CT molecular complexity index is 1390. The molecule has 2 aromatic carbocycles. The number of nitrogens with one attached hydrogen (secondary N) is 1. The van der Waals surface area contributed by atoms with Crippen molar-refractivity contribution in [1.29, 1.82) is 0 Å². The molecule has 0 saturated carbocycles. The highest BCUT2D eigenvalue weighted by Crippen LogP contribution is 2.21. The van der Waals surface area contributed by atoms with Crippen LogP contribution < -0.4 is 11.0 Å². The lowest BCUT2D eigenvalue weighted by Crippen LogP contribution is -2.24. The third kappa shape index (κ3) is 5.48. The molecule has 0 atom stereocenters. The molecule has 4 aromatic rings. The van der Waals surface area contributed by atoms with Crippen molar-refractivity contribution in [2.45, 2.75) is 19.0 Å². The third-order valence-electron chi connectivity index (χ3n) is 4.74. The van der Waals surface area contributed by atoms with E-state index in [9.17, 15) is 9.59 Å². The predicted molar refractivity (Wildman–Crippen MR) is 132 cm³/mol. The molecule has 0 unspecified atom stereocenters. The van der Waals surface area contributed by atoms with E-state index in [0.717, 1.165) is 11.1 Å². The van der Waals surface area contributed by atoms with Gasteiger partial charge >= 0.3 is 0 Å². The van der Waals surface area contributed by atoms with Crippen molar-refractivity contribution < 1.29 is 9.21 Å². The van der Waals surface area contributed by atoms with E-state index in [4.69, 9.17) is 4.42 Å². The average molecular weight is 459 g/mol. The van der Waals surface area contributed by atoms with E-state index in [1.807, 2.05) is 62.4 Å². The number of hydrogen-bond donors (Lipinski definition) is 1. The van der Waals surface area contributed by atoms with Gasteiger partial charge in [-0.15, -0.1) is 0 Å². The fraction of sp³-hybridized carbons (Fsp3) is 0.120. The number of nitrogens with zero attached hydrogens (tertiary/aromatic N) is 3. The van der Waals surface area contributed by atoms with Crippen LogP contribution in [0.5, 0.6) is 0 Å². The zero-order chi connectivity index (χ0) is 23.2. The number of hydrogen-bond acceptors (Lipinski definition) is 6. The number of allylic oxidation sites excluding steroid dienone is 1. The molecule has 4 rings (SSSR count). The molecule has 0 fully saturated rings. The summed E-state index contributed by atoms with van der Waals surface area (Å²) in [5, 5.41) is 4.95. The highest BCUT2D eigenvalue weighted by atomic mass is 32.2. The largest absolute Gasteiger partial charge is 0.465 e. The molecule has 8 heteroatoms. The first-order valence-electron chi connectivity index (χ1n) is 10.3. The number of benzene rings is 2. The fourth-order valence-electron chi connectivity index (χ4n) is 3.13. The lowest BCUT2D eigenvalue weighted by Gasteiger charge is -2.13. The molecular formula is C25H22N4O3S. The molecule has 0 radical (unpaired) electrons. The van der Waals surface area contributed by atoms with Crippen LogP contribution in [0.4, 0.5) is 0 Å². The molecule has 0 bridgehead atoms. The van der Waals surface area contributed by atoms with Crippen LogP contribution >= 0.6 is 11.8 Å². The van der Waals surface area contributed by atoms with Crippen molar-refractivity contribution in [1.82, 2.24) is 15.0 Å². The molecule has 1 amide bonds. The van der Waals surface area contributed by atoms with Crippen LogP contribution in [0.1, 0.15) is 18.2 Å². The maximum absolute atomic E-state index is 13.2. The number of carbonyl (C=O) groups is 1. The Hall–Kier alpha value is -3.91. The standard InChI is InChI=1S/C25H22N4O3S/c1-17-9-11-19(12-10-17)29-24(31)21-7-3-4-8-22(21)27-25(29)33-16-23(30)28-26-15-18(2)14-20-6-5-13-32-20/h3-15H,16H2,1-2H3,(H,28,30)/b18-14+,26-15+. The van der Waals surface area contributed by atoms with Crippen LogP contribution in [0.2, 0.25) is 0 Å². The summed E-state index contributed by atoms with van der Waals surface area (Å²) in [6.45, 7) is 3.84. The molecule has 2 heterocycles. The fourth-order valence-corrected chi connectivity index (χ4v) is 3.94. The van der Waals surface area contributed by atoms with Crippen molar-refractivity contribution in [2.24, 2.45) is 5.10 Å². The number of carbonyl (C=O) groups excluding carboxylic acids is 1. The smallest absolute Gasteiger partial charge is 0.266 e. The van der Waals surface area contributed by atoms with Gasteiger partial charge in [0.2, 0.25) is 0 Å². The predicted octanol–water partition coefficient (Wildman–Crippen LogP) is 4.58. The van der Waals surface area contributed by atoms with Gasteiger partial charge in [0.05, 0.1) is 34.8 Å². The summed E-state index contributed by atoms with van der Waals surface area (Å²) in [7, 11) is 0. The van der Waals surface area contributed by atoms with Crippen LogP contribution in [0.25, 0.3) is 22.7 Å². The van der Waals surface area contributed by atoms with Gasteiger partial charge in [-0.1, -0.05) is 41.6 Å². The highest BCUT2D eigenvalue weighted by Gasteiger charge is 2.14. The third-order valence-corrected chi connectivity index (χ3v) is 5.68. The lowest BCUT2D eigenvalue weighted by atomic mass is 10.2. The molecule has 0 spiro atoms. The molecule has 33 heavy (non-hydrogen) atoms. The van der Waals surface area contributed by atoms with E-state index < -0.39 is 0 Å². The van der Waals surface area contributed by atoms with Crippen molar-refractivity contribution in [3.63, 3.8) is 0 Å². The maximum Gasteiger partial charge on any atom is 0.266 e. The van der Waals surface area contributed by atoms with Gasteiger partial charge in [0.1, 0.15) is 5.76 Å². The molecule has 1 N–H and O–H groups in total. The monoisotopic (exact) mass is 458 g/mol. The van der Waals surface area contributed by atoms with Gasteiger partial charge in [0, 0.05) is 0 Å².